The fourth-order valence-corrected chi connectivity index (χ4v) is 2.67. The monoisotopic (exact) mass is 226 g/mol. The van der Waals surface area contributed by atoms with Crippen LogP contribution in [0.1, 0.15) is 32.6 Å². The molecule has 2 fully saturated rings. The van der Waals surface area contributed by atoms with Crippen LogP contribution in [0.25, 0.3) is 0 Å². The minimum absolute atomic E-state index is 0.0292. The summed E-state index contributed by atoms with van der Waals surface area (Å²) < 4.78 is 5.56. The quantitative estimate of drug-likeness (QED) is 0.756. The van der Waals surface area contributed by atoms with E-state index in [1.807, 2.05) is 4.90 Å². The van der Waals surface area contributed by atoms with Crippen LogP contribution in [0.5, 0.6) is 0 Å². The van der Waals surface area contributed by atoms with E-state index in [1.54, 1.807) is 0 Å². The predicted molar refractivity (Wildman–Crippen MR) is 61.9 cm³/mol. The number of hydrogen-bond acceptors (Lipinski definition) is 3. The van der Waals surface area contributed by atoms with Crippen molar-refractivity contribution in [2.45, 2.75) is 44.8 Å². The summed E-state index contributed by atoms with van der Waals surface area (Å²) in [5, 5.41) is 0. The number of morpholine rings is 1. The van der Waals surface area contributed by atoms with Gasteiger partial charge < -0.3 is 15.4 Å². The molecule has 4 heteroatoms. The molecule has 2 rings (SSSR count). The smallest absolute Gasteiger partial charge is 0.226 e. The van der Waals surface area contributed by atoms with Crippen LogP contribution in [0.4, 0.5) is 0 Å². The van der Waals surface area contributed by atoms with Gasteiger partial charge in [0.15, 0.2) is 0 Å². The Balaban J connectivity index is 1.97. The molecule has 1 heterocycles. The van der Waals surface area contributed by atoms with Gasteiger partial charge in [0.05, 0.1) is 18.8 Å². The van der Waals surface area contributed by atoms with Crippen LogP contribution in [0.15, 0.2) is 0 Å². The molecule has 4 nitrogen and oxygen atoms in total. The van der Waals surface area contributed by atoms with Crippen LogP contribution in [0, 0.1) is 5.92 Å². The minimum Gasteiger partial charge on any atom is -0.373 e. The zero-order valence-electron chi connectivity index (χ0n) is 10.0. The Labute approximate surface area is 97.1 Å². The molecule has 2 N–H and O–H groups in total. The van der Waals surface area contributed by atoms with E-state index in [-0.39, 0.29) is 18.1 Å². The van der Waals surface area contributed by atoms with Crippen molar-refractivity contribution in [3.05, 3.63) is 0 Å². The summed E-state index contributed by atoms with van der Waals surface area (Å²) in [7, 11) is 0. The predicted octanol–water partition coefficient (Wildman–Crippen LogP) is 0.751. The van der Waals surface area contributed by atoms with Crippen LogP contribution < -0.4 is 5.73 Å². The Morgan fingerprint density at radius 1 is 1.44 bits per heavy atom. The van der Waals surface area contributed by atoms with Gasteiger partial charge in [-0.3, -0.25) is 4.79 Å². The highest BCUT2D eigenvalue weighted by Crippen LogP contribution is 2.28. The first-order valence-corrected chi connectivity index (χ1v) is 6.34. The highest BCUT2D eigenvalue weighted by atomic mass is 16.5. The van der Waals surface area contributed by atoms with Crippen molar-refractivity contribution in [2.75, 3.05) is 19.7 Å². The SMILES string of the molecule is CC1COC(CN)CN1C(=O)C1CCCC1. The van der Waals surface area contributed by atoms with Crippen molar-refractivity contribution in [1.82, 2.24) is 4.90 Å². The fraction of sp³-hybridized carbons (Fsp3) is 0.917. The summed E-state index contributed by atoms with van der Waals surface area (Å²) in [4.78, 5) is 14.3. The molecule has 1 saturated carbocycles. The molecule has 92 valence electrons. The van der Waals surface area contributed by atoms with Gasteiger partial charge in [-0.1, -0.05) is 12.8 Å². The van der Waals surface area contributed by atoms with Gasteiger partial charge in [-0.15, -0.1) is 0 Å². The molecule has 1 aliphatic heterocycles. The van der Waals surface area contributed by atoms with E-state index in [1.165, 1.54) is 12.8 Å². The molecular formula is C12H22N2O2. The molecule has 0 aromatic rings. The first kappa shape index (κ1) is 11.9. The first-order valence-electron chi connectivity index (χ1n) is 6.34. The average Bonchev–Trinajstić information content (AvgIpc) is 2.82. The molecule has 0 aromatic carbocycles. The topological polar surface area (TPSA) is 55.6 Å². The summed E-state index contributed by atoms with van der Waals surface area (Å²) in [6.07, 6.45) is 4.57. The normalized spacial score (nSPS) is 32.0. The van der Waals surface area contributed by atoms with E-state index in [0.29, 0.717) is 25.6 Å². The number of nitrogens with two attached hydrogens (primary N) is 1. The number of amides is 1. The van der Waals surface area contributed by atoms with Crippen LogP contribution in [-0.4, -0.2) is 42.6 Å². The molecule has 0 bridgehead atoms. The third-order valence-electron chi connectivity index (χ3n) is 3.76. The largest absolute Gasteiger partial charge is 0.373 e. The lowest BCUT2D eigenvalue weighted by Gasteiger charge is -2.39. The van der Waals surface area contributed by atoms with Crippen molar-refractivity contribution in [3.63, 3.8) is 0 Å². The van der Waals surface area contributed by atoms with E-state index in [2.05, 4.69) is 6.92 Å². The van der Waals surface area contributed by atoms with Crippen molar-refractivity contribution in [1.29, 1.82) is 0 Å². The van der Waals surface area contributed by atoms with Crippen LogP contribution >= 0.6 is 0 Å². The van der Waals surface area contributed by atoms with Gasteiger partial charge in [0.25, 0.3) is 0 Å². The van der Waals surface area contributed by atoms with Gasteiger partial charge in [-0.25, -0.2) is 0 Å². The Morgan fingerprint density at radius 2 is 2.12 bits per heavy atom. The van der Waals surface area contributed by atoms with E-state index >= 15 is 0 Å². The maximum Gasteiger partial charge on any atom is 0.226 e. The molecule has 0 spiro atoms. The second-order valence-corrected chi connectivity index (χ2v) is 5.01. The maximum absolute atomic E-state index is 12.3. The number of ether oxygens (including phenoxy) is 1. The number of rotatable bonds is 2. The van der Waals surface area contributed by atoms with Gasteiger partial charge in [0, 0.05) is 19.0 Å². The molecule has 1 aliphatic carbocycles. The summed E-state index contributed by atoms with van der Waals surface area (Å²) in [6, 6.07) is 0.205. The third kappa shape index (κ3) is 2.38. The van der Waals surface area contributed by atoms with Gasteiger partial charge >= 0.3 is 0 Å². The van der Waals surface area contributed by atoms with E-state index in [9.17, 15) is 4.79 Å². The van der Waals surface area contributed by atoms with Crippen molar-refractivity contribution < 1.29 is 9.53 Å². The fourth-order valence-electron chi connectivity index (χ4n) is 2.67. The van der Waals surface area contributed by atoms with Crippen LogP contribution in [0.3, 0.4) is 0 Å². The Hall–Kier alpha value is -0.610. The standard InChI is InChI=1S/C12H22N2O2/c1-9-8-16-11(6-13)7-14(9)12(15)10-4-2-3-5-10/h9-11H,2-8,13H2,1H3. The lowest BCUT2D eigenvalue weighted by atomic mass is 10.0. The van der Waals surface area contributed by atoms with E-state index < -0.39 is 0 Å². The zero-order chi connectivity index (χ0) is 11.5. The Kier molecular flexibility index (Phi) is 3.82. The average molecular weight is 226 g/mol. The van der Waals surface area contributed by atoms with Crippen molar-refractivity contribution >= 4 is 5.91 Å². The highest BCUT2D eigenvalue weighted by molar-refractivity contribution is 5.79. The van der Waals surface area contributed by atoms with Gasteiger partial charge in [-0.2, -0.15) is 0 Å². The van der Waals surface area contributed by atoms with E-state index in [4.69, 9.17) is 10.5 Å². The first-order chi connectivity index (χ1) is 7.72. The van der Waals surface area contributed by atoms with Crippen molar-refractivity contribution in [2.24, 2.45) is 11.7 Å². The minimum atomic E-state index is 0.0292. The van der Waals surface area contributed by atoms with Gasteiger partial charge in [0.2, 0.25) is 5.91 Å². The van der Waals surface area contributed by atoms with Crippen LogP contribution in [0.2, 0.25) is 0 Å². The lowest BCUT2D eigenvalue weighted by Crippen LogP contribution is -2.54. The van der Waals surface area contributed by atoms with Crippen LogP contribution in [-0.2, 0) is 9.53 Å². The van der Waals surface area contributed by atoms with Gasteiger partial charge in [-0.05, 0) is 19.8 Å². The summed E-state index contributed by atoms with van der Waals surface area (Å²) >= 11 is 0. The lowest BCUT2D eigenvalue weighted by molar-refractivity contribution is -0.147. The molecule has 1 saturated heterocycles. The van der Waals surface area contributed by atoms with Crippen molar-refractivity contribution in [3.8, 4) is 0 Å². The molecule has 2 aliphatic rings. The highest BCUT2D eigenvalue weighted by Gasteiger charge is 2.33. The molecule has 1 amide bonds. The molecule has 2 atom stereocenters. The van der Waals surface area contributed by atoms with E-state index in [0.717, 1.165) is 12.8 Å². The second kappa shape index (κ2) is 5.15. The number of carbonyl (C=O) groups excluding carboxylic acids is 1. The Bertz CT molecular complexity index is 251. The maximum atomic E-state index is 12.3. The third-order valence-corrected chi connectivity index (χ3v) is 3.76. The number of nitrogens with zero attached hydrogens (tertiary/aromatic N) is 1. The molecule has 0 aromatic heterocycles. The molecule has 2 unspecified atom stereocenters. The summed E-state index contributed by atoms with van der Waals surface area (Å²) in [5.41, 5.74) is 5.60. The summed E-state index contributed by atoms with van der Waals surface area (Å²) in [5.74, 6) is 0.589. The molecule has 16 heavy (non-hydrogen) atoms. The van der Waals surface area contributed by atoms with Gasteiger partial charge in [0.1, 0.15) is 0 Å². The number of hydrogen-bond donors (Lipinski definition) is 1. The molecule has 0 radical (unpaired) electrons. The second-order valence-electron chi connectivity index (χ2n) is 5.01. The number of carbonyl (C=O) groups is 1. The summed E-state index contributed by atoms with van der Waals surface area (Å²) in [6.45, 7) is 3.86. The molecular weight excluding hydrogens is 204 g/mol. The zero-order valence-corrected chi connectivity index (χ0v) is 10.0. The Morgan fingerprint density at radius 3 is 2.75 bits per heavy atom.